The fraction of sp³-hybridized carbons (Fsp3) is 0. The van der Waals surface area contributed by atoms with Gasteiger partial charge >= 0.3 is 17.4 Å². The van der Waals surface area contributed by atoms with Crippen molar-refractivity contribution in [2.24, 2.45) is 20.5 Å². The summed E-state index contributed by atoms with van der Waals surface area (Å²) >= 11 is 0. The third-order valence-electron chi connectivity index (χ3n) is 7.40. The van der Waals surface area contributed by atoms with Crippen LogP contribution in [0.2, 0.25) is 0 Å². The van der Waals surface area contributed by atoms with E-state index in [-0.39, 0.29) is 88.8 Å². The first-order chi connectivity index (χ1) is 25.4. The van der Waals surface area contributed by atoms with E-state index in [4.69, 9.17) is 11.5 Å². The van der Waals surface area contributed by atoms with Crippen molar-refractivity contribution in [3.63, 3.8) is 0 Å². The summed E-state index contributed by atoms with van der Waals surface area (Å²) in [5.74, 6) is -1.43. The molecule has 0 aliphatic heterocycles. The number of nitrogens with one attached hydrogen (secondary N) is 1. The molecule has 0 unspecified atom stereocenters. The van der Waals surface area contributed by atoms with Crippen molar-refractivity contribution in [2.45, 2.75) is 9.79 Å². The molecule has 0 spiro atoms. The number of nitro groups is 2. The van der Waals surface area contributed by atoms with Crippen molar-refractivity contribution in [1.82, 2.24) is 0 Å². The molecule has 0 saturated heterocycles. The Morgan fingerprint density at radius 3 is 1.42 bits per heavy atom. The molecule has 0 heterocycles. The van der Waals surface area contributed by atoms with Gasteiger partial charge in [0.2, 0.25) is 0 Å². The van der Waals surface area contributed by atoms with E-state index >= 15 is 0 Å². The minimum atomic E-state index is -4.49. The summed E-state index contributed by atoms with van der Waals surface area (Å²) in [6.45, 7) is 0. The number of hydrogen-bond acceptors (Lipinski definition) is 15. The van der Waals surface area contributed by atoms with Crippen LogP contribution < -0.4 is 15.9 Å². The largest absolute Gasteiger partial charge is 3.00 e. The normalized spacial score (nSPS) is 11.7. The molecule has 0 atom stereocenters. The summed E-state index contributed by atoms with van der Waals surface area (Å²) in [5.41, 5.74) is 12.9. The number of anilines is 1. The van der Waals surface area contributed by atoms with E-state index in [1.807, 2.05) is 0 Å². The molecule has 0 bridgehead atoms. The maximum absolute atomic E-state index is 11.9. The van der Waals surface area contributed by atoms with E-state index in [0.29, 0.717) is 5.39 Å². The molecule has 20 nitrogen and oxygen atoms in total. The quantitative estimate of drug-likeness (QED) is 0.0448. The molecule has 55 heavy (non-hydrogen) atoms. The summed E-state index contributed by atoms with van der Waals surface area (Å²) in [7, 11) is -8.97. The third-order valence-corrected chi connectivity index (χ3v) is 9.22. The van der Waals surface area contributed by atoms with Gasteiger partial charge in [-0.05, 0) is 30.3 Å². The third kappa shape index (κ3) is 9.13. The molecule has 0 aliphatic rings. The van der Waals surface area contributed by atoms with Crippen LogP contribution in [0.3, 0.4) is 0 Å². The Balaban J connectivity index is 0.000000240. The maximum Gasteiger partial charge on any atom is 3.00 e. The predicted octanol–water partition coefficient (Wildman–Crippen LogP) is 7.23. The second kappa shape index (κ2) is 16.2. The molecule has 0 fully saturated rings. The van der Waals surface area contributed by atoms with Gasteiger partial charge < -0.3 is 21.7 Å². The van der Waals surface area contributed by atoms with Crippen molar-refractivity contribution in [1.29, 1.82) is 0 Å². The van der Waals surface area contributed by atoms with Crippen LogP contribution in [-0.2, 0) is 37.6 Å². The van der Waals surface area contributed by atoms with Crippen molar-refractivity contribution in [3.05, 3.63) is 123 Å². The first-order valence-electron chi connectivity index (χ1n) is 14.6. The summed E-state index contributed by atoms with van der Waals surface area (Å²) in [4.78, 5) is 19.2. The van der Waals surface area contributed by atoms with Crippen LogP contribution in [0.4, 0.5) is 45.5 Å². The molecule has 0 aromatic heterocycles. The summed E-state index contributed by atoms with van der Waals surface area (Å²) < 4.78 is 64.8. The number of benzene rings is 6. The van der Waals surface area contributed by atoms with E-state index in [1.54, 1.807) is 0 Å². The van der Waals surface area contributed by atoms with Crippen molar-refractivity contribution < 1.29 is 63.4 Å². The number of nitro benzene ring substituents is 2. The fourth-order valence-corrected chi connectivity index (χ4v) is 6.33. The Labute approximate surface area is 320 Å². The van der Waals surface area contributed by atoms with E-state index < -0.39 is 41.6 Å². The van der Waals surface area contributed by atoms with Crippen LogP contribution in [0, 0.1) is 20.2 Å². The maximum atomic E-state index is 11.9. The number of nitrogen functional groups attached to an aromatic ring is 1. The van der Waals surface area contributed by atoms with E-state index in [0.717, 1.165) is 36.4 Å². The molecule has 279 valence electrons. The molecule has 0 amide bonds. The minimum absolute atomic E-state index is 0. The summed E-state index contributed by atoms with van der Waals surface area (Å²) in [6, 6.07) is 19.7. The standard InChI is InChI=1S/C16H12N4O6S.C16H11N4O6S.Cr/c2*17-12-6-5-10-11(2-1-3-15(10)27(24,25)26)16(12)19-18-13-7-4-9(20(22)23)8-14(13)21;/h1-8,21H,17H2,(H,24,25,26);1-8H,(H3-,17,18,19,21,24,25,26);/q;-1;+3/p-2. The average molecular weight is 826 g/mol. The van der Waals surface area contributed by atoms with Gasteiger partial charge in [0.1, 0.15) is 15.5 Å². The van der Waals surface area contributed by atoms with Crippen molar-refractivity contribution in [2.75, 3.05) is 5.73 Å². The van der Waals surface area contributed by atoms with Crippen LogP contribution in [-0.4, -0.2) is 35.8 Å². The smallest absolute Gasteiger partial charge is 0.871 e. The number of fused-ring (bicyclic) bond motifs is 2. The molecule has 0 aliphatic carbocycles. The first-order valence-corrected chi connectivity index (χ1v) is 17.5. The number of azo groups is 2. The van der Waals surface area contributed by atoms with Gasteiger partial charge in [-0.25, -0.2) is 0 Å². The molecule has 0 saturated carbocycles. The van der Waals surface area contributed by atoms with Crippen LogP contribution in [0.5, 0.6) is 11.5 Å². The molecule has 6 aromatic carbocycles. The van der Waals surface area contributed by atoms with Gasteiger partial charge in [-0.1, -0.05) is 54.0 Å². The number of nitrogens with zero attached hydrogens (tertiary/aromatic N) is 6. The van der Waals surface area contributed by atoms with E-state index in [2.05, 4.69) is 20.5 Å². The zero-order valence-corrected chi connectivity index (χ0v) is 30.1. The second-order valence-corrected chi connectivity index (χ2v) is 13.6. The molecular weight excluding hydrogens is 805 g/mol. The van der Waals surface area contributed by atoms with Crippen molar-refractivity contribution in [3.8, 4) is 11.5 Å². The first kappa shape index (κ1) is 41.2. The Kier molecular flexibility index (Phi) is 12.1. The SMILES string of the molecule is Nc1ccc2c(S(=O)(=O)O)cccc2c1N=Nc1ccc([N+](=O)[O-])cc1[O-].[Cr+3].[NH-]c1ccc2c(S(=O)(=O)O)cccc2c1N=Nc1ccc([N+](=O)[O-])cc1[O-]. The summed E-state index contributed by atoms with van der Waals surface area (Å²) in [5, 5.41) is 61.2. The monoisotopic (exact) mass is 825 g/mol. The van der Waals surface area contributed by atoms with Gasteiger partial charge in [-0.15, -0.1) is 10.8 Å². The average Bonchev–Trinajstić information content (AvgIpc) is 3.10. The van der Waals surface area contributed by atoms with Crippen LogP contribution in [0.1, 0.15) is 0 Å². The fourth-order valence-electron chi connectivity index (χ4n) is 4.92. The molecule has 1 radical (unpaired) electrons. The Morgan fingerprint density at radius 2 is 1.00 bits per heavy atom. The predicted molar refractivity (Wildman–Crippen MR) is 189 cm³/mol. The Morgan fingerprint density at radius 1 is 0.582 bits per heavy atom. The molecule has 5 N–H and O–H groups in total. The van der Waals surface area contributed by atoms with E-state index in [1.165, 1.54) is 60.7 Å². The van der Waals surface area contributed by atoms with Gasteiger partial charge in [-0.2, -0.15) is 32.2 Å². The zero-order valence-electron chi connectivity index (χ0n) is 27.2. The van der Waals surface area contributed by atoms with Gasteiger partial charge in [0.15, 0.2) is 0 Å². The Hall–Kier alpha value is -6.61. The van der Waals surface area contributed by atoms with Gasteiger partial charge in [0, 0.05) is 45.8 Å². The Bertz CT molecular complexity index is 2610. The number of hydrogen-bond donors (Lipinski definition) is 3. The van der Waals surface area contributed by atoms with Crippen LogP contribution >= 0.6 is 0 Å². The van der Waals surface area contributed by atoms with E-state index in [9.17, 15) is 56.4 Å². The topological polar surface area (TPSA) is 340 Å². The second-order valence-electron chi connectivity index (χ2n) is 10.8. The van der Waals surface area contributed by atoms with Gasteiger partial charge in [-0.3, -0.25) is 29.3 Å². The molecule has 23 heteroatoms. The minimum Gasteiger partial charge on any atom is -0.871 e. The van der Waals surface area contributed by atoms with Crippen LogP contribution in [0.25, 0.3) is 27.3 Å². The zero-order chi connectivity index (χ0) is 39.5. The number of rotatable bonds is 8. The van der Waals surface area contributed by atoms with Crippen LogP contribution in [0.15, 0.2) is 127 Å². The molecular formula is C32H21CrN8O12S2. The molecule has 6 aromatic rings. The van der Waals surface area contributed by atoms with Crippen molar-refractivity contribution >= 4 is 87.3 Å². The van der Waals surface area contributed by atoms with Gasteiger partial charge in [0.05, 0.1) is 32.6 Å². The summed E-state index contributed by atoms with van der Waals surface area (Å²) in [6.07, 6.45) is 0. The number of non-ortho nitro benzene ring substituents is 2. The van der Waals surface area contributed by atoms with Gasteiger partial charge in [0.25, 0.3) is 31.6 Å². The number of nitrogens with two attached hydrogens (primary N) is 1. The molecule has 6 rings (SSSR count).